The van der Waals surface area contributed by atoms with Crippen LogP contribution in [0.25, 0.3) is 0 Å². The summed E-state index contributed by atoms with van der Waals surface area (Å²) in [5.74, 6) is 1.13. The van der Waals surface area contributed by atoms with Crippen molar-refractivity contribution in [2.24, 2.45) is 9.98 Å². The van der Waals surface area contributed by atoms with Crippen LogP contribution in [0.4, 0.5) is 55.6 Å². The lowest BCUT2D eigenvalue weighted by molar-refractivity contribution is 0.167. The predicted molar refractivity (Wildman–Crippen MR) is 211 cm³/mol. The Kier molecular flexibility index (Phi) is 14.3. The molecule has 2 amide bonds. The highest BCUT2D eigenvalue weighted by molar-refractivity contribution is 6.63. The van der Waals surface area contributed by atoms with Crippen LogP contribution in [0.5, 0.6) is 0 Å². The summed E-state index contributed by atoms with van der Waals surface area (Å²) >= 11 is 14.4. The van der Waals surface area contributed by atoms with Gasteiger partial charge in [0.15, 0.2) is 15.9 Å². The van der Waals surface area contributed by atoms with E-state index in [4.69, 9.17) is 55.7 Å². The lowest BCUT2D eigenvalue weighted by atomic mass is 10.0. The summed E-state index contributed by atoms with van der Waals surface area (Å²) in [7, 11) is 0. The van der Waals surface area contributed by atoms with Crippen LogP contribution in [-0.2, 0) is 9.47 Å². The summed E-state index contributed by atoms with van der Waals surface area (Å²) in [5.41, 5.74) is 18.5. The minimum atomic E-state index is -0.750. The minimum absolute atomic E-state index is 0.00265. The third kappa shape index (κ3) is 10.8. The predicted octanol–water partition coefficient (Wildman–Crippen LogP) is 8.32. The highest BCUT2D eigenvalue weighted by Crippen LogP contribution is 2.38. The number of pyridine rings is 2. The summed E-state index contributed by atoms with van der Waals surface area (Å²) in [6.07, 6.45) is -1.14. The van der Waals surface area contributed by atoms with Gasteiger partial charge in [0, 0.05) is 12.1 Å². The number of hydrogen-bond acceptors (Lipinski definition) is 12. The number of rotatable bonds is 6. The van der Waals surface area contributed by atoms with Crippen molar-refractivity contribution in [3.8, 4) is 0 Å². The van der Waals surface area contributed by atoms with Crippen molar-refractivity contribution in [3.63, 3.8) is 0 Å². The molecule has 0 radical (unpaired) electrons. The summed E-state index contributed by atoms with van der Waals surface area (Å²) < 4.78 is 8.94. The van der Waals surface area contributed by atoms with Crippen LogP contribution >= 0.6 is 34.8 Å². The summed E-state index contributed by atoms with van der Waals surface area (Å²) in [4.78, 5) is 40.8. The average molecular weight is 770 g/mol. The number of amides is 2. The van der Waals surface area contributed by atoms with Gasteiger partial charge in [0.25, 0.3) is 0 Å². The molecule has 6 rings (SSSR count). The number of halogens is 3. The maximum atomic E-state index is 11.5. The van der Waals surface area contributed by atoms with Crippen molar-refractivity contribution in [1.29, 1.82) is 0 Å². The number of hydrogen-bond donors (Lipinski definition) is 6. The highest BCUT2D eigenvalue weighted by atomic mass is 35.6. The van der Waals surface area contributed by atoms with Gasteiger partial charge in [-0.15, -0.1) is 0 Å². The van der Waals surface area contributed by atoms with E-state index in [9.17, 15) is 9.59 Å². The molecule has 2 aliphatic heterocycles. The van der Waals surface area contributed by atoms with E-state index in [2.05, 4.69) is 41.2 Å². The van der Waals surface area contributed by atoms with E-state index in [1.54, 1.807) is 26.0 Å². The number of aromatic nitrogens is 2. The second-order valence-corrected chi connectivity index (χ2v) is 13.0. The number of carbonyl (C=O) groups is 2. The van der Waals surface area contributed by atoms with Gasteiger partial charge in [-0.05, 0) is 38.8 Å². The van der Waals surface area contributed by atoms with Gasteiger partial charge in [-0.2, -0.15) is 0 Å². The summed E-state index contributed by atoms with van der Waals surface area (Å²) in [6.45, 7) is 8.07. The lowest BCUT2D eigenvalue weighted by Crippen LogP contribution is -2.30. The maximum absolute atomic E-state index is 11.5. The van der Waals surface area contributed by atoms with Crippen LogP contribution in [0.2, 0.25) is 0 Å². The number of fused-ring (bicyclic) bond motifs is 2. The van der Waals surface area contributed by atoms with Gasteiger partial charge in [0.2, 0.25) is 0 Å². The molecule has 2 aromatic carbocycles. The Morgan fingerprint density at radius 2 is 1.06 bits per heavy atom. The molecule has 0 fully saturated rings. The molecule has 0 saturated carbocycles. The molecule has 17 heteroatoms. The first-order valence-corrected chi connectivity index (χ1v) is 17.4. The van der Waals surface area contributed by atoms with Gasteiger partial charge in [0.1, 0.15) is 23.0 Å². The molecule has 274 valence electrons. The standard InChI is InChI=1S/2C17H19N5O2.CHCl3/c2*1-3-24-17(23)21-13-9-12-15(16(18)20-13)22-14(10(2)19-12)11-7-5-4-6-8-11;2-1(3)4/h2*4-10,19H,3H2,1-2H3,(H3,18,20,21,23);1H/t2*10-;/m10./s1. The molecule has 2 aliphatic rings. The van der Waals surface area contributed by atoms with Crippen LogP contribution in [0.15, 0.2) is 82.8 Å². The van der Waals surface area contributed by atoms with Gasteiger partial charge in [0.05, 0.1) is 48.1 Å². The number of benzene rings is 2. The number of anilines is 6. The molecule has 0 spiro atoms. The number of alkyl halides is 3. The zero-order valence-electron chi connectivity index (χ0n) is 28.8. The SMILES string of the molecule is CCOC(=O)Nc1cc2c(c(N)n1)N=C(c1ccccc1)[C@@H](C)N2.CCOC(=O)Nc1cc2c(c(N)n1)N=C(c1ccccc1)[C@H](C)N2.ClC(Cl)Cl. The number of nitrogen functional groups attached to an aromatic ring is 2. The van der Waals surface area contributed by atoms with Crippen molar-refractivity contribution >= 4 is 104 Å². The Morgan fingerprint density at radius 3 is 1.38 bits per heavy atom. The fourth-order valence-electron chi connectivity index (χ4n) is 5.13. The minimum Gasteiger partial charge on any atom is -0.450 e. The van der Waals surface area contributed by atoms with E-state index < -0.39 is 16.5 Å². The van der Waals surface area contributed by atoms with E-state index in [-0.39, 0.29) is 36.9 Å². The van der Waals surface area contributed by atoms with E-state index in [1.165, 1.54) is 0 Å². The highest BCUT2D eigenvalue weighted by Gasteiger charge is 2.24. The van der Waals surface area contributed by atoms with Gasteiger partial charge < -0.3 is 31.6 Å². The number of nitrogens with one attached hydrogen (secondary N) is 4. The molecule has 14 nitrogen and oxygen atoms in total. The van der Waals surface area contributed by atoms with Crippen LogP contribution in [-0.4, -0.2) is 63.2 Å². The zero-order valence-corrected chi connectivity index (χ0v) is 31.1. The fourth-order valence-corrected chi connectivity index (χ4v) is 5.13. The van der Waals surface area contributed by atoms with Gasteiger partial charge >= 0.3 is 12.2 Å². The topological polar surface area (TPSA) is 203 Å². The third-order valence-electron chi connectivity index (χ3n) is 7.22. The van der Waals surface area contributed by atoms with Crippen molar-refractivity contribution in [2.75, 3.05) is 45.9 Å². The number of nitrogens with zero attached hydrogens (tertiary/aromatic N) is 4. The number of ether oxygens (including phenoxy) is 2. The molecule has 0 bridgehead atoms. The Hall–Kier alpha value is -5.31. The molecule has 0 aliphatic carbocycles. The fraction of sp³-hybridized carbons (Fsp3) is 0.257. The second-order valence-electron chi connectivity index (χ2n) is 11.0. The van der Waals surface area contributed by atoms with E-state index in [1.807, 2.05) is 74.5 Å². The Balaban J connectivity index is 0.000000211. The monoisotopic (exact) mass is 768 g/mol. The van der Waals surface area contributed by atoms with Crippen LogP contribution in [0.1, 0.15) is 38.8 Å². The normalized spacial score (nSPS) is 15.2. The van der Waals surface area contributed by atoms with Gasteiger partial charge in [-0.3, -0.25) is 10.6 Å². The first kappa shape index (κ1) is 39.5. The van der Waals surface area contributed by atoms with Crippen LogP contribution < -0.4 is 32.7 Å². The molecule has 52 heavy (non-hydrogen) atoms. The maximum Gasteiger partial charge on any atom is 0.412 e. The molecule has 0 saturated heterocycles. The van der Waals surface area contributed by atoms with E-state index in [0.29, 0.717) is 23.0 Å². The van der Waals surface area contributed by atoms with Crippen molar-refractivity contribution < 1.29 is 19.1 Å². The number of aliphatic imine (C=N–C) groups is 2. The third-order valence-corrected chi connectivity index (χ3v) is 7.22. The van der Waals surface area contributed by atoms with Crippen LogP contribution in [0.3, 0.4) is 0 Å². The molecular weight excluding hydrogens is 731 g/mol. The quantitative estimate of drug-likeness (QED) is 0.104. The Morgan fingerprint density at radius 1 is 0.712 bits per heavy atom. The molecule has 2 atom stereocenters. The van der Waals surface area contributed by atoms with Gasteiger partial charge in [-0.1, -0.05) is 95.5 Å². The lowest BCUT2D eigenvalue weighted by Gasteiger charge is -2.25. The number of carbonyl (C=O) groups excluding carboxylic acids is 2. The second kappa shape index (κ2) is 18.8. The smallest absolute Gasteiger partial charge is 0.412 e. The first-order valence-electron chi connectivity index (χ1n) is 16.1. The van der Waals surface area contributed by atoms with Crippen molar-refractivity contribution in [1.82, 2.24) is 9.97 Å². The first-order chi connectivity index (χ1) is 24.9. The Bertz CT molecular complexity index is 1780. The molecule has 4 heterocycles. The van der Waals surface area contributed by atoms with Crippen LogP contribution in [0, 0.1) is 0 Å². The summed E-state index contributed by atoms with van der Waals surface area (Å²) in [5, 5.41) is 11.8. The largest absolute Gasteiger partial charge is 0.450 e. The zero-order chi connectivity index (χ0) is 37.8. The van der Waals surface area contributed by atoms with Crippen molar-refractivity contribution in [2.45, 2.75) is 44.1 Å². The van der Waals surface area contributed by atoms with Crippen molar-refractivity contribution in [3.05, 3.63) is 83.9 Å². The molecule has 0 unspecified atom stereocenters. The molecular formula is C35H39Cl3N10O4. The summed E-state index contributed by atoms with van der Waals surface area (Å²) in [6, 6.07) is 23.2. The molecule has 8 N–H and O–H groups in total. The molecule has 4 aromatic rings. The van der Waals surface area contributed by atoms with E-state index in [0.717, 1.165) is 33.9 Å². The molecule has 2 aromatic heterocycles. The average Bonchev–Trinajstić information content (AvgIpc) is 3.09. The number of nitrogens with two attached hydrogens (primary N) is 2. The van der Waals surface area contributed by atoms with E-state index >= 15 is 0 Å². The van der Waals surface area contributed by atoms with Gasteiger partial charge in [-0.25, -0.2) is 29.5 Å². The Labute approximate surface area is 316 Å².